The van der Waals surface area contributed by atoms with Crippen molar-refractivity contribution in [3.05, 3.63) is 47.0 Å². The van der Waals surface area contributed by atoms with E-state index in [0.29, 0.717) is 0 Å². The first-order valence-corrected chi connectivity index (χ1v) is 7.86. The van der Waals surface area contributed by atoms with Gasteiger partial charge in [-0.2, -0.15) is 5.10 Å². The number of hydrogen-bond donors (Lipinski definition) is 1. The van der Waals surface area contributed by atoms with Gasteiger partial charge in [-0.25, -0.2) is 9.07 Å². The Balaban J connectivity index is 2.23. The lowest BCUT2D eigenvalue weighted by Crippen LogP contribution is -2.40. The molecule has 0 spiro atoms. The summed E-state index contributed by atoms with van der Waals surface area (Å²) < 4.78 is 14.8. The fourth-order valence-corrected chi connectivity index (χ4v) is 2.72. The molecule has 1 aromatic carbocycles. The zero-order valence-electron chi connectivity index (χ0n) is 14.8. The van der Waals surface area contributed by atoms with Crippen molar-refractivity contribution in [1.82, 2.24) is 14.7 Å². The van der Waals surface area contributed by atoms with E-state index >= 15 is 0 Å². The Labute approximate surface area is 141 Å². The van der Waals surface area contributed by atoms with Crippen LogP contribution in [0.5, 0.6) is 0 Å². The lowest BCUT2D eigenvalue weighted by atomic mass is 10.1. The molecule has 0 unspecified atom stereocenters. The number of amides is 1. The third kappa shape index (κ3) is 4.20. The number of likely N-dealkylation sites (N-methyl/N-ethyl adjacent to an activating group) is 1. The first kappa shape index (κ1) is 18.1. The van der Waals surface area contributed by atoms with E-state index in [-0.39, 0.29) is 24.7 Å². The standard InChI is InChI=1S/C18H24FN3O2/c1-12-16(10-17(23)21(5)11-18(3,4)24)13(2)22(20-12)15-8-6-14(19)7-9-15/h6-9,24H,10-11H2,1-5H3. The van der Waals surface area contributed by atoms with E-state index < -0.39 is 5.60 Å². The highest BCUT2D eigenvalue weighted by atomic mass is 19.1. The number of aromatic nitrogens is 2. The second kappa shape index (κ2) is 6.73. The minimum atomic E-state index is -0.938. The number of aliphatic hydroxyl groups is 1. The van der Waals surface area contributed by atoms with Crippen molar-refractivity contribution in [1.29, 1.82) is 0 Å². The Hall–Kier alpha value is -2.21. The molecular weight excluding hydrogens is 309 g/mol. The van der Waals surface area contributed by atoms with Gasteiger partial charge in [-0.1, -0.05) is 0 Å². The molecule has 1 N–H and O–H groups in total. The average Bonchev–Trinajstić information content (AvgIpc) is 2.74. The first-order valence-electron chi connectivity index (χ1n) is 7.86. The summed E-state index contributed by atoms with van der Waals surface area (Å²) in [6.07, 6.45) is 0.214. The molecule has 1 amide bonds. The Morgan fingerprint density at radius 1 is 1.29 bits per heavy atom. The van der Waals surface area contributed by atoms with Crippen molar-refractivity contribution >= 4 is 5.91 Å². The van der Waals surface area contributed by atoms with Crippen molar-refractivity contribution < 1.29 is 14.3 Å². The summed E-state index contributed by atoms with van der Waals surface area (Å²) >= 11 is 0. The molecule has 5 nitrogen and oxygen atoms in total. The molecule has 0 aliphatic rings. The van der Waals surface area contributed by atoms with Crippen LogP contribution >= 0.6 is 0 Å². The van der Waals surface area contributed by atoms with Crippen molar-refractivity contribution in [2.75, 3.05) is 13.6 Å². The van der Waals surface area contributed by atoms with Crippen LogP contribution in [-0.2, 0) is 11.2 Å². The van der Waals surface area contributed by atoms with Crippen LogP contribution in [0.3, 0.4) is 0 Å². The molecule has 24 heavy (non-hydrogen) atoms. The molecule has 0 radical (unpaired) electrons. The molecule has 130 valence electrons. The number of carbonyl (C=O) groups is 1. The predicted octanol–water partition coefficient (Wildman–Crippen LogP) is 2.40. The van der Waals surface area contributed by atoms with Crippen LogP contribution in [0.15, 0.2) is 24.3 Å². The molecular formula is C18H24FN3O2. The SMILES string of the molecule is Cc1nn(-c2ccc(F)cc2)c(C)c1CC(=O)N(C)CC(C)(C)O. The zero-order valence-corrected chi connectivity index (χ0v) is 14.8. The quantitative estimate of drug-likeness (QED) is 0.914. The van der Waals surface area contributed by atoms with E-state index in [4.69, 9.17) is 0 Å². The second-order valence-electron chi connectivity index (χ2n) is 6.78. The summed E-state index contributed by atoms with van der Waals surface area (Å²) in [7, 11) is 1.68. The maximum Gasteiger partial charge on any atom is 0.226 e. The Kier molecular flexibility index (Phi) is 5.08. The fraction of sp³-hybridized carbons (Fsp3) is 0.444. The highest BCUT2D eigenvalue weighted by Crippen LogP contribution is 2.19. The monoisotopic (exact) mass is 333 g/mol. The minimum Gasteiger partial charge on any atom is -0.389 e. The molecule has 2 rings (SSSR count). The van der Waals surface area contributed by atoms with Gasteiger partial charge in [0.05, 0.1) is 23.4 Å². The molecule has 1 heterocycles. The van der Waals surface area contributed by atoms with Crippen LogP contribution in [0.25, 0.3) is 5.69 Å². The third-order valence-electron chi connectivity index (χ3n) is 3.89. The fourth-order valence-electron chi connectivity index (χ4n) is 2.72. The van der Waals surface area contributed by atoms with Crippen LogP contribution < -0.4 is 0 Å². The molecule has 2 aromatic rings. The van der Waals surface area contributed by atoms with Gasteiger partial charge < -0.3 is 10.0 Å². The van der Waals surface area contributed by atoms with E-state index in [2.05, 4.69) is 5.10 Å². The van der Waals surface area contributed by atoms with Gasteiger partial charge >= 0.3 is 0 Å². The molecule has 0 fully saturated rings. The molecule has 0 aliphatic heterocycles. The van der Waals surface area contributed by atoms with Crippen LogP contribution in [0.4, 0.5) is 4.39 Å². The van der Waals surface area contributed by atoms with Gasteiger partial charge in [0.15, 0.2) is 0 Å². The van der Waals surface area contributed by atoms with E-state index in [9.17, 15) is 14.3 Å². The number of benzene rings is 1. The third-order valence-corrected chi connectivity index (χ3v) is 3.89. The van der Waals surface area contributed by atoms with E-state index in [0.717, 1.165) is 22.6 Å². The van der Waals surface area contributed by atoms with Crippen LogP contribution in [0, 0.1) is 19.7 Å². The maximum absolute atomic E-state index is 13.1. The molecule has 0 saturated carbocycles. The first-order chi connectivity index (χ1) is 11.1. The number of rotatable bonds is 5. The van der Waals surface area contributed by atoms with Gasteiger partial charge in [-0.3, -0.25) is 4.79 Å². The number of carbonyl (C=O) groups excluding carboxylic acids is 1. The lowest BCUT2D eigenvalue weighted by molar-refractivity contribution is -0.131. The Morgan fingerprint density at radius 2 is 1.88 bits per heavy atom. The van der Waals surface area contributed by atoms with Gasteiger partial charge in [-0.15, -0.1) is 0 Å². The van der Waals surface area contributed by atoms with Gasteiger partial charge in [0.2, 0.25) is 5.91 Å². The number of nitrogens with zero attached hydrogens (tertiary/aromatic N) is 3. The number of hydrogen-bond acceptors (Lipinski definition) is 3. The summed E-state index contributed by atoms with van der Waals surface area (Å²) in [6.45, 7) is 7.34. The van der Waals surface area contributed by atoms with Crippen molar-refractivity contribution in [2.24, 2.45) is 0 Å². The maximum atomic E-state index is 13.1. The molecule has 0 atom stereocenters. The van der Waals surface area contributed by atoms with Crippen molar-refractivity contribution in [2.45, 2.75) is 39.7 Å². The second-order valence-corrected chi connectivity index (χ2v) is 6.78. The van der Waals surface area contributed by atoms with E-state index in [1.165, 1.54) is 17.0 Å². The smallest absolute Gasteiger partial charge is 0.226 e. The molecule has 1 aromatic heterocycles. The lowest BCUT2D eigenvalue weighted by Gasteiger charge is -2.25. The minimum absolute atomic E-state index is 0.0815. The summed E-state index contributed by atoms with van der Waals surface area (Å²) in [5, 5.41) is 14.3. The van der Waals surface area contributed by atoms with Crippen molar-refractivity contribution in [3.63, 3.8) is 0 Å². The van der Waals surface area contributed by atoms with Crippen LogP contribution in [0.2, 0.25) is 0 Å². The largest absolute Gasteiger partial charge is 0.389 e. The summed E-state index contributed by atoms with van der Waals surface area (Å²) in [5.41, 5.74) is 2.28. The average molecular weight is 333 g/mol. The number of halogens is 1. The highest BCUT2D eigenvalue weighted by molar-refractivity contribution is 5.79. The molecule has 0 saturated heterocycles. The Bertz CT molecular complexity index is 730. The van der Waals surface area contributed by atoms with Crippen molar-refractivity contribution in [3.8, 4) is 5.69 Å². The molecule has 0 aliphatic carbocycles. The highest BCUT2D eigenvalue weighted by Gasteiger charge is 2.22. The van der Waals surface area contributed by atoms with Crippen LogP contribution in [-0.4, -0.2) is 44.9 Å². The van der Waals surface area contributed by atoms with Gasteiger partial charge in [0.1, 0.15) is 5.82 Å². The van der Waals surface area contributed by atoms with Gasteiger partial charge in [-0.05, 0) is 52.0 Å². The number of aryl methyl sites for hydroxylation is 1. The zero-order chi connectivity index (χ0) is 18.1. The van der Waals surface area contributed by atoms with Gasteiger partial charge in [0, 0.05) is 24.8 Å². The Morgan fingerprint density at radius 3 is 2.42 bits per heavy atom. The van der Waals surface area contributed by atoms with E-state index in [1.54, 1.807) is 37.7 Å². The van der Waals surface area contributed by atoms with Gasteiger partial charge in [0.25, 0.3) is 0 Å². The predicted molar refractivity (Wildman–Crippen MR) is 90.6 cm³/mol. The topological polar surface area (TPSA) is 58.4 Å². The molecule has 0 bridgehead atoms. The summed E-state index contributed by atoms with van der Waals surface area (Å²) in [4.78, 5) is 13.9. The summed E-state index contributed by atoms with van der Waals surface area (Å²) in [5.74, 6) is -0.383. The summed E-state index contributed by atoms with van der Waals surface area (Å²) in [6, 6.07) is 6.07. The molecule has 6 heteroatoms. The normalized spacial score (nSPS) is 11.6. The van der Waals surface area contributed by atoms with E-state index in [1.807, 2.05) is 13.8 Å². The van der Waals surface area contributed by atoms with Crippen LogP contribution in [0.1, 0.15) is 30.8 Å².